The monoisotopic (exact) mass is 456 g/mol. The molecule has 0 atom stereocenters. The van der Waals surface area contributed by atoms with Crippen molar-refractivity contribution in [1.29, 1.82) is 0 Å². The molecule has 1 aliphatic rings. The SMILES string of the molecule is CC(C)n1c(=O)c(-c2cc(F)c(N)c(F)c2)cc2cnc(NC3CCC(N(C)C)CC3)nc21. The fourth-order valence-electron chi connectivity index (χ4n) is 4.53. The molecule has 3 aromatic rings. The number of nitrogens with two attached hydrogens (primary N) is 1. The van der Waals surface area contributed by atoms with E-state index in [2.05, 4.69) is 34.3 Å². The van der Waals surface area contributed by atoms with Crippen molar-refractivity contribution in [1.82, 2.24) is 19.4 Å². The van der Waals surface area contributed by atoms with Crippen molar-refractivity contribution in [2.75, 3.05) is 25.1 Å². The highest BCUT2D eigenvalue weighted by Gasteiger charge is 2.23. The number of rotatable bonds is 5. The van der Waals surface area contributed by atoms with Gasteiger partial charge in [0.25, 0.3) is 5.56 Å². The lowest BCUT2D eigenvalue weighted by molar-refractivity contribution is 0.221. The van der Waals surface area contributed by atoms with Crippen LogP contribution in [0.15, 0.2) is 29.2 Å². The number of aromatic nitrogens is 3. The van der Waals surface area contributed by atoms with E-state index in [-0.39, 0.29) is 28.8 Å². The molecule has 1 aromatic carbocycles. The van der Waals surface area contributed by atoms with Crippen molar-refractivity contribution in [3.05, 3.63) is 46.4 Å². The van der Waals surface area contributed by atoms with Crippen molar-refractivity contribution in [2.24, 2.45) is 0 Å². The predicted molar refractivity (Wildman–Crippen MR) is 127 cm³/mol. The van der Waals surface area contributed by atoms with E-state index in [1.54, 1.807) is 12.3 Å². The summed E-state index contributed by atoms with van der Waals surface area (Å²) in [5, 5.41) is 4.03. The molecular weight excluding hydrogens is 426 g/mol. The van der Waals surface area contributed by atoms with Gasteiger partial charge in [0.2, 0.25) is 5.95 Å². The van der Waals surface area contributed by atoms with Gasteiger partial charge in [0.15, 0.2) is 0 Å². The molecule has 1 aliphatic carbocycles. The molecule has 2 aromatic heterocycles. The Morgan fingerprint density at radius 1 is 1.12 bits per heavy atom. The maximum atomic E-state index is 14.1. The van der Waals surface area contributed by atoms with Crippen LogP contribution in [-0.4, -0.2) is 45.6 Å². The molecular formula is C24H30F2N6O. The highest BCUT2D eigenvalue weighted by atomic mass is 19.1. The van der Waals surface area contributed by atoms with Crippen molar-refractivity contribution < 1.29 is 8.78 Å². The summed E-state index contributed by atoms with van der Waals surface area (Å²) < 4.78 is 29.7. The van der Waals surface area contributed by atoms with Gasteiger partial charge >= 0.3 is 0 Å². The molecule has 0 aliphatic heterocycles. The van der Waals surface area contributed by atoms with E-state index in [1.807, 2.05) is 13.8 Å². The first kappa shape index (κ1) is 23.1. The molecule has 0 spiro atoms. The summed E-state index contributed by atoms with van der Waals surface area (Å²) in [6.45, 7) is 3.74. The Labute approximate surface area is 191 Å². The largest absolute Gasteiger partial charge is 0.394 e. The van der Waals surface area contributed by atoms with Gasteiger partial charge in [0.1, 0.15) is 23.0 Å². The molecule has 1 saturated carbocycles. The molecule has 176 valence electrons. The van der Waals surface area contributed by atoms with Crippen molar-refractivity contribution >= 4 is 22.7 Å². The topological polar surface area (TPSA) is 89.1 Å². The van der Waals surface area contributed by atoms with Gasteiger partial charge in [0.05, 0.1) is 0 Å². The van der Waals surface area contributed by atoms with Crippen LogP contribution in [-0.2, 0) is 0 Å². The third-order valence-corrected chi connectivity index (χ3v) is 6.44. The standard InChI is InChI=1S/C24H30F2N6O/c1-13(2)32-22-15(9-18(23(32)33)14-10-19(25)21(27)20(26)11-14)12-28-24(30-22)29-16-5-7-17(8-6-16)31(3)4/h9-13,16-17H,5-8,27H2,1-4H3,(H,28,29,30). The third-order valence-electron chi connectivity index (χ3n) is 6.44. The van der Waals surface area contributed by atoms with Crippen molar-refractivity contribution in [3.8, 4) is 11.1 Å². The molecule has 1 fully saturated rings. The van der Waals surface area contributed by atoms with Gasteiger partial charge in [-0.2, -0.15) is 4.98 Å². The van der Waals surface area contributed by atoms with Crippen molar-refractivity contribution in [3.63, 3.8) is 0 Å². The normalized spacial score (nSPS) is 18.9. The summed E-state index contributed by atoms with van der Waals surface area (Å²) in [6, 6.07) is 4.37. The summed E-state index contributed by atoms with van der Waals surface area (Å²) in [6.07, 6.45) is 5.89. The van der Waals surface area contributed by atoms with E-state index in [1.165, 1.54) is 4.57 Å². The highest BCUT2D eigenvalue weighted by Crippen LogP contribution is 2.28. The van der Waals surface area contributed by atoms with Crippen LogP contribution in [0, 0.1) is 11.6 Å². The number of pyridine rings is 1. The Bertz CT molecular complexity index is 1210. The molecule has 0 saturated heterocycles. The number of nitrogens with one attached hydrogen (secondary N) is 1. The van der Waals surface area contributed by atoms with Gasteiger partial charge in [-0.15, -0.1) is 0 Å². The number of hydrogen-bond donors (Lipinski definition) is 2. The number of anilines is 2. The van der Waals surface area contributed by atoms with Crippen LogP contribution in [0.2, 0.25) is 0 Å². The Morgan fingerprint density at radius 3 is 2.33 bits per heavy atom. The second kappa shape index (κ2) is 9.05. The number of fused-ring (bicyclic) bond motifs is 1. The minimum absolute atomic E-state index is 0.125. The van der Waals surface area contributed by atoms with Gasteiger partial charge < -0.3 is 16.0 Å². The van der Waals surface area contributed by atoms with Crippen LogP contribution in [0.25, 0.3) is 22.2 Å². The van der Waals surface area contributed by atoms with Crippen molar-refractivity contribution in [2.45, 2.75) is 57.7 Å². The van der Waals surface area contributed by atoms with Crippen LogP contribution in [0.3, 0.4) is 0 Å². The number of hydrogen-bond acceptors (Lipinski definition) is 6. The van der Waals surface area contributed by atoms with Crippen LogP contribution in [0.5, 0.6) is 0 Å². The highest BCUT2D eigenvalue weighted by molar-refractivity contribution is 5.82. The second-order valence-electron chi connectivity index (χ2n) is 9.27. The van der Waals surface area contributed by atoms with Crippen LogP contribution in [0.1, 0.15) is 45.6 Å². The Morgan fingerprint density at radius 2 is 1.76 bits per heavy atom. The maximum Gasteiger partial charge on any atom is 0.260 e. The first-order chi connectivity index (χ1) is 15.7. The van der Waals surface area contributed by atoms with E-state index < -0.39 is 17.3 Å². The smallest absolute Gasteiger partial charge is 0.260 e. The molecule has 3 N–H and O–H groups in total. The van der Waals surface area contributed by atoms with E-state index in [9.17, 15) is 13.6 Å². The molecule has 0 radical (unpaired) electrons. The zero-order chi connectivity index (χ0) is 23.9. The van der Waals surface area contributed by atoms with Gasteiger partial charge in [-0.1, -0.05) is 0 Å². The number of benzene rings is 1. The van der Waals surface area contributed by atoms with E-state index in [4.69, 9.17) is 5.73 Å². The Hall–Kier alpha value is -3.07. The van der Waals surface area contributed by atoms with Crippen LogP contribution < -0.4 is 16.6 Å². The molecule has 33 heavy (non-hydrogen) atoms. The summed E-state index contributed by atoms with van der Waals surface area (Å²) in [5.41, 5.74) is 5.22. The average molecular weight is 457 g/mol. The molecule has 2 heterocycles. The summed E-state index contributed by atoms with van der Waals surface area (Å²) in [7, 11) is 4.22. The zero-order valence-corrected chi connectivity index (χ0v) is 19.4. The average Bonchev–Trinajstić information content (AvgIpc) is 2.76. The van der Waals surface area contributed by atoms with E-state index in [0.29, 0.717) is 23.0 Å². The first-order valence-corrected chi connectivity index (χ1v) is 11.3. The lowest BCUT2D eigenvalue weighted by atomic mass is 9.91. The van der Waals surface area contributed by atoms with Gasteiger partial charge in [-0.25, -0.2) is 13.8 Å². The number of nitrogen functional groups attached to an aromatic ring is 1. The summed E-state index contributed by atoms with van der Waals surface area (Å²) in [4.78, 5) is 24.7. The molecule has 0 unspecified atom stereocenters. The third kappa shape index (κ3) is 4.55. The van der Waals surface area contributed by atoms with E-state index in [0.717, 1.165) is 37.8 Å². The van der Waals surface area contributed by atoms with Gasteiger partial charge in [-0.3, -0.25) is 9.36 Å². The lowest BCUT2D eigenvalue weighted by Crippen LogP contribution is -2.36. The molecule has 7 nitrogen and oxygen atoms in total. The fourth-order valence-corrected chi connectivity index (χ4v) is 4.53. The maximum absolute atomic E-state index is 14.1. The number of halogens is 2. The lowest BCUT2D eigenvalue weighted by Gasteiger charge is -2.33. The Balaban J connectivity index is 1.72. The van der Waals surface area contributed by atoms with Crippen LogP contribution in [0.4, 0.5) is 20.4 Å². The molecule has 4 rings (SSSR count). The summed E-state index contributed by atoms with van der Waals surface area (Å²) in [5.74, 6) is -1.33. The van der Waals surface area contributed by atoms with Gasteiger partial charge in [0, 0.05) is 35.3 Å². The molecule has 0 amide bonds. The van der Waals surface area contributed by atoms with E-state index >= 15 is 0 Å². The Kier molecular flexibility index (Phi) is 6.34. The quantitative estimate of drug-likeness (QED) is 0.560. The molecule has 9 heteroatoms. The second-order valence-corrected chi connectivity index (χ2v) is 9.27. The minimum Gasteiger partial charge on any atom is -0.394 e. The predicted octanol–water partition coefficient (Wildman–Crippen LogP) is 4.18. The van der Waals surface area contributed by atoms with Gasteiger partial charge in [-0.05, 0) is 77.4 Å². The first-order valence-electron chi connectivity index (χ1n) is 11.3. The minimum atomic E-state index is -0.902. The fraction of sp³-hybridized carbons (Fsp3) is 0.458. The summed E-state index contributed by atoms with van der Waals surface area (Å²) >= 11 is 0. The number of nitrogens with zero attached hydrogens (tertiary/aromatic N) is 4. The van der Waals surface area contributed by atoms with Crippen LogP contribution >= 0.6 is 0 Å². The zero-order valence-electron chi connectivity index (χ0n) is 19.4. The molecule has 0 bridgehead atoms.